The van der Waals surface area contributed by atoms with Crippen molar-refractivity contribution in [3.8, 4) is 0 Å². The Morgan fingerprint density at radius 2 is 1.80 bits per heavy atom. The normalized spacial score (nSPS) is 17.6. The Kier molecular flexibility index (Phi) is 7.59. The summed E-state index contributed by atoms with van der Waals surface area (Å²) in [5, 5.41) is 11.4. The van der Waals surface area contributed by atoms with E-state index in [-0.39, 0.29) is 17.7 Å². The van der Waals surface area contributed by atoms with Crippen LogP contribution in [0.5, 0.6) is 0 Å². The molecule has 1 fully saturated rings. The van der Waals surface area contributed by atoms with Gasteiger partial charge in [-0.2, -0.15) is 0 Å². The highest BCUT2D eigenvalue weighted by Crippen LogP contribution is 2.38. The van der Waals surface area contributed by atoms with Gasteiger partial charge >= 0.3 is 5.97 Å². The van der Waals surface area contributed by atoms with Gasteiger partial charge in [0, 0.05) is 19.4 Å². The third-order valence-corrected chi connectivity index (χ3v) is 4.27. The van der Waals surface area contributed by atoms with E-state index < -0.39 is 5.97 Å². The molecule has 1 aliphatic carbocycles. The topological polar surface area (TPSA) is 92.4 Å². The number of nitrogens with two attached hydrogens (primary N) is 1. The van der Waals surface area contributed by atoms with Gasteiger partial charge in [0.05, 0.1) is 0 Å². The first kappa shape index (κ1) is 17.0. The fourth-order valence-corrected chi connectivity index (χ4v) is 2.96. The number of hydrogen-bond acceptors (Lipinski definition) is 3. The van der Waals surface area contributed by atoms with E-state index in [9.17, 15) is 9.59 Å². The lowest BCUT2D eigenvalue weighted by Gasteiger charge is -2.35. The van der Waals surface area contributed by atoms with Crippen molar-refractivity contribution in [2.75, 3.05) is 13.1 Å². The summed E-state index contributed by atoms with van der Waals surface area (Å²) in [5.41, 5.74) is 5.89. The summed E-state index contributed by atoms with van der Waals surface area (Å²) in [4.78, 5) is 22.3. The van der Waals surface area contributed by atoms with E-state index in [4.69, 9.17) is 10.8 Å². The zero-order valence-corrected chi connectivity index (χ0v) is 12.3. The molecule has 4 N–H and O–H groups in total. The van der Waals surface area contributed by atoms with Gasteiger partial charge in [0.1, 0.15) is 0 Å². The Morgan fingerprint density at radius 1 is 1.10 bits per heavy atom. The number of hydrogen-bond donors (Lipinski definition) is 3. The summed E-state index contributed by atoms with van der Waals surface area (Å²) in [7, 11) is 0. The quantitative estimate of drug-likeness (QED) is 0.565. The van der Waals surface area contributed by atoms with E-state index in [0.717, 1.165) is 25.7 Å². The monoisotopic (exact) mass is 284 g/mol. The molecule has 0 aromatic rings. The summed E-state index contributed by atoms with van der Waals surface area (Å²) < 4.78 is 0. The average Bonchev–Trinajstić information content (AvgIpc) is 2.43. The number of carbonyl (C=O) groups excluding carboxylic acids is 1. The Morgan fingerprint density at radius 3 is 2.40 bits per heavy atom. The number of carboxylic acid groups (broad SMARTS) is 1. The summed E-state index contributed by atoms with van der Waals surface area (Å²) in [6, 6.07) is 0. The molecule has 1 aliphatic rings. The molecule has 0 spiro atoms. The van der Waals surface area contributed by atoms with Gasteiger partial charge in [-0.1, -0.05) is 25.7 Å². The second-order valence-corrected chi connectivity index (χ2v) is 6.00. The van der Waals surface area contributed by atoms with Gasteiger partial charge in [-0.25, -0.2) is 0 Å². The average molecular weight is 284 g/mol. The van der Waals surface area contributed by atoms with Crippen LogP contribution in [0.4, 0.5) is 0 Å². The maximum atomic E-state index is 12.0. The predicted molar refractivity (Wildman–Crippen MR) is 78.3 cm³/mol. The lowest BCUT2D eigenvalue weighted by Crippen LogP contribution is -2.38. The van der Waals surface area contributed by atoms with Crippen LogP contribution in [-0.4, -0.2) is 30.1 Å². The van der Waals surface area contributed by atoms with Crippen LogP contribution in [0.1, 0.15) is 64.2 Å². The van der Waals surface area contributed by atoms with Crippen LogP contribution < -0.4 is 11.1 Å². The smallest absolute Gasteiger partial charge is 0.303 e. The molecule has 116 valence electrons. The fourth-order valence-electron chi connectivity index (χ4n) is 2.96. The Labute approximate surface area is 121 Å². The number of carbonyl (C=O) groups is 2. The third kappa shape index (κ3) is 6.37. The number of aliphatic carboxylic acids is 1. The Bertz CT molecular complexity index is 312. The molecule has 1 amide bonds. The minimum Gasteiger partial charge on any atom is -0.481 e. The molecule has 20 heavy (non-hydrogen) atoms. The molecular formula is C15H28N2O3. The SMILES string of the molecule is NCC1(CC(=O)NCCCCCC(=O)O)CCCCC1. The molecule has 0 atom stereocenters. The van der Waals surface area contributed by atoms with Crippen LogP contribution >= 0.6 is 0 Å². The third-order valence-electron chi connectivity index (χ3n) is 4.27. The van der Waals surface area contributed by atoms with Crippen LogP contribution in [0.25, 0.3) is 0 Å². The molecule has 0 unspecified atom stereocenters. The van der Waals surface area contributed by atoms with Crippen molar-refractivity contribution < 1.29 is 14.7 Å². The van der Waals surface area contributed by atoms with E-state index in [1.165, 1.54) is 19.3 Å². The van der Waals surface area contributed by atoms with Crippen molar-refractivity contribution in [3.63, 3.8) is 0 Å². The number of rotatable bonds is 9. The minimum absolute atomic E-state index is 0.0195. The van der Waals surface area contributed by atoms with E-state index in [2.05, 4.69) is 5.32 Å². The zero-order valence-electron chi connectivity index (χ0n) is 12.3. The number of carboxylic acids is 1. The fraction of sp³-hybridized carbons (Fsp3) is 0.867. The summed E-state index contributed by atoms with van der Waals surface area (Å²) in [6.45, 7) is 1.23. The molecule has 5 heteroatoms. The predicted octanol–water partition coefficient (Wildman–Crippen LogP) is 2.05. The Balaban J connectivity index is 2.14. The lowest BCUT2D eigenvalue weighted by atomic mass is 9.71. The molecule has 1 saturated carbocycles. The summed E-state index contributed by atoms with van der Waals surface area (Å²) >= 11 is 0. The first-order valence-electron chi connectivity index (χ1n) is 7.76. The second kappa shape index (κ2) is 8.95. The zero-order chi connectivity index (χ0) is 14.8. The number of nitrogens with one attached hydrogen (secondary N) is 1. The highest BCUT2D eigenvalue weighted by molar-refractivity contribution is 5.76. The van der Waals surface area contributed by atoms with Gasteiger partial charge in [-0.3, -0.25) is 9.59 Å². The van der Waals surface area contributed by atoms with Gasteiger partial charge in [-0.15, -0.1) is 0 Å². The first-order chi connectivity index (χ1) is 9.58. The molecular weight excluding hydrogens is 256 g/mol. The minimum atomic E-state index is -0.753. The van der Waals surface area contributed by atoms with Crippen molar-refractivity contribution in [2.24, 2.45) is 11.1 Å². The van der Waals surface area contributed by atoms with Crippen LogP contribution in [0.2, 0.25) is 0 Å². The van der Waals surface area contributed by atoms with Gasteiger partial charge < -0.3 is 16.2 Å². The molecule has 0 aliphatic heterocycles. The molecule has 0 radical (unpaired) electrons. The molecule has 0 bridgehead atoms. The summed E-state index contributed by atoms with van der Waals surface area (Å²) in [5.74, 6) is -0.660. The van der Waals surface area contributed by atoms with Crippen molar-refractivity contribution in [2.45, 2.75) is 64.2 Å². The van der Waals surface area contributed by atoms with Crippen molar-refractivity contribution in [1.82, 2.24) is 5.32 Å². The first-order valence-corrected chi connectivity index (χ1v) is 7.76. The molecule has 5 nitrogen and oxygen atoms in total. The van der Waals surface area contributed by atoms with E-state index in [0.29, 0.717) is 25.9 Å². The molecule has 0 aromatic carbocycles. The maximum Gasteiger partial charge on any atom is 0.303 e. The van der Waals surface area contributed by atoms with Crippen LogP contribution in [0.15, 0.2) is 0 Å². The molecule has 0 aromatic heterocycles. The maximum absolute atomic E-state index is 12.0. The summed E-state index contributed by atoms with van der Waals surface area (Å²) in [6.07, 6.45) is 8.86. The number of amides is 1. The lowest BCUT2D eigenvalue weighted by molar-refractivity contribution is -0.137. The van der Waals surface area contributed by atoms with Crippen molar-refractivity contribution in [1.29, 1.82) is 0 Å². The van der Waals surface area contributed by atoms with E-state index in [1.807, 2.05) is 0 Å². The van der Waals surface area contributed by atoms with Crippen molar-refractivity contribution >= 4 is 11.9 Å². The number of unbranched alkanes of at least 4 members (excludes halogenated alkanes) is 2. The largest absolute Gasteiger partial charge is 0.481 e. The van der Waals surface area contributed by atoms with Crippen molar-refractivity contribution in [3.05, 3.63) is 0 Å². The van der Waals surface area contributed by atoms with Crippen LogP contribution in [-0.2, 0) is 9.59 Å². The second-order valence-electron chi connectivity index (χ2n) is 6.00. The van der Waals surface area contributed by atoms with Gasteiger partial charge in [0.25, 0.3) is 0 Å². The van der Waals surface area contributed by atoms with Gasteiger partial charge in [0.2, 0.25) is 5.91 Å². The van der Waals surface area contributed by atoms with Crippen LogP contribution in [0.3, 0.4) is 0 Å². The van der Waals surface area contributed by atoms with E-state index >= 15 is 0 Å². The van der Waals surface area contributed by atoms with Crippen LogP contribution in [0, 0.1) is 5.41 Å². The standard InChI is InChI=1S/C15H28N2O3/c16-12-15(8-4-2-5-9-15)11-13(18)17-10-6-1-3-7-14(19)20/h1-12,16H2,(H,17,18)(H,19,20). The Hall–Kier alpha value is -1.10. The highest BCUT2D eigenvalue weighted by atomic mass is 16.4. The van der Waals surface area contributed by atoms with E-state index in [1.54, 1.807) is 0 Å². The van der Waals surface area contributed by atoms with Gasteiger partial charge in [-0.05, 0) is 37.6 Å². The molecule has 1 rings (SSSR count). The molecule has 0 heterocycles. The molecule has 0 saturated heterocycles. The highest BCUT2D eigenvalue weighted by Gasteiger charge is 2.32. The van der Waals surface area contributed by atoms with Gasteiger partial charge in [0.15, 0.2) is 0 Å².